The van der Waals surface area contributed by atoms with E-state index < -0.39 is 35.3 Å². The van der Waals surface area contributed by atoms with Crippen molar-refractivity contribution in [2.45, 2.75) is 39.0 Å². The minimum Gasteiger partial charge on any atom is -0.330 e. The standard InChI is InChI=1S/C31H31F5N4O/c1-20(2)28(40(16-8-15-37)30(41)24-14-13-22(32)17-26(24)33)29-38-27(19-39(29)18-21-9-4-3-5-10-21)23-11-6-7-12-25(23)31(34,35)36/h3-7,9-14,17,19-20,28H,8,15-16,18,37H2,1-2H3/t28-/m1/s1. The SMILES string of the molecule is CC(C)[C@H](c1nc(-c2ccccc2C(F)(F)F)cn1Cc1ccccc1)N(CCCN)C(=O)c1ccc(F)cc1F. The number of hydrogen-bond acceptors (Lipinski definition) is 3. The van der Waals surface area contributed by atoms with Crippen molar-refractivity contribution in [1.82, 2.24) is 14.5 Å². The van der Waals surface area contributed by atoms with Crippen LogP contribution in [0.1, 0.15) is 53.6 Å². The van der Waals surface area contributed by atoms with Crippen molar-refractivity contribution in [3.05, 3.63) is 113 Å². The Morgan fingerprint density at radius 2 is 1.68 bits per heavy atom. The van der Waals surface area contributed by atoms with E-state index in [1.807, 2.05) is 44.2 Å². The summed E-state index contributed by atoms with van der Waals surface area (Å²) < 4.78 is 71.9. The summed E-state index contributed by atoms with van der Waals surface area (Å²) >= 11 is 0. The third-order valence-corrected chi connectivity index (χ3v) is 6.77. The van der Waals surface area contributed by atoms with Gasteiger partial charge in [0.1, 0.15) is 17.5 Å². The third kappa shape index (κ3) is 6.82. The van der Waals surface area contributed by atoms with Gasteiger partial charge in [-0.3, -0.25) is 4.79 Å². The summed E-state index contributed by atoms with van der Waals surface area (Å²) in [5.41, 5.74) is 5.47. The molecule has 216 valence electrons. The van der Waals surface area contributed by atoms with Crippen molar-refractivity contribution in [1.29, 1.82) is 0 Å². The molecule has 1 heterocycles. The molecule has 0 aliphatic rings. The van der Waals surface area contributed by atoms with E-state index in [0.29, 0.717) is 18.3 Å². The number of carbonyl (C=O) groups excluding carboxylic acids is 1. The van der Waals surface area contributed by atoms with E-state index in [-0.39, 0.29) is 42.4 Å². The Balaban J connectivity index is 1.90. The van der Waals surface area contributed by atoms with E-state index in [9.17, 15) is 26.7 Å². The first kappa shape index (κ1) is 29.9. The van der Waals surface area contributed by atoms with Crippen LogP contribution in [-0.2, 0) is 12.7 Å². The molecule has 0 bridgehead atoms. The zero-order valence-electron chi connectivity index (χ0n) is 22.7. The van der Waals surface area contributed by atoms with Gasteiger partial charge in [-0.05, 0) is 42.6 Å². The van der Waals surface area contributed by atoms with E-state index in [4.69, 9.17) is 10.7 Å². The maximum Gasteiger partial charge on any atom is 0.417 e. The topological polar surface area (TPSA) is 64.2 Å². The molecule has 5 nitrogen and oxygen atoms in total. The van der Waals surface area contributed by atoms with Crippen LogP contribution in [-0.4, -0.2) is 33.4 Å². The molecule has 0 unspecified atom stereocenters. The number of rotatable bonds is 10. The van der Waals surface area contributed by atoms with Crippen LogP contribution in [0.25, 0.3) is 11.3 Å². The number of nitrogens with zero attached hydrogens (tertiary/aromatic N) is 3. The lowest BCUT2D eigenvalue weighted by molar-refractivity contribution is -0.137. The molecule has 3 aromatic carbocycles. The third-order valence-electron chi connectivity index (χ3n) is 6.77. The zero-order valence-corrected chi connectivity index (χ0v) is 22.7. The fourth-order valence-corrected chi connectivity index (χ4v) is 4.90. The van der Waals surface area contributed by atoms with E-state index in [0.717, 1.165) is 23.8 Å². The van der Waals surface area contributed by atoms with Crippen LogP contribution in [0.2, 0.25) is 0 Å². The van der Waals surface area contributed by atoms with Gasteiger partial charge < -0.3 is 15.2 Å². The van der Waals surface area contributed by atoms with Gasteiger partial charge in [-0.2, -0.15) is 13.2 Å². The molecule has 0 aliphatic carbocycles. The fraction of sp³-hybridized carbons (Fsp3) is 0.290. The van der Waals surface area contributed by atoms with E-state index >= 15 is 0 Å². The lowest BCUT2D eigenvalue weighted by Crippen LogP contribution is -2.40. The Hall–Kier alpha value is -4.05. The second-order valence-corrected chi connectivity index (χ2v) is 10.1. The van der Waals surface area contributed by atoms with Gasteiger partial charge >= 0.3 is 6.18 Å². The maximum absolute atomic E-state index is 14.8. The minimum atomic E-state index is -4.61. The fourth-order valence-electron chi connectivity index (χ4n) is 4.90. The number of benzene rings is 3. The van der Waals surface area contributed by atoms with Crippen molar-refractivity contribution in [3.8, 4) is 11.3 Å². The quantitative estimate of drug-likeness (QED) is 0.207. The number of imidazole rings is 1. The van der Waals surface area contributed by atoms with Crippen molar-refractivity contribution in [2.75, 3.05) is 13.1 Å². The van der Waals surface area contributed by atoms with Crippen molar-refractivity contribution < 1.29 is 26.7 Å². The van der Waals surface area contributed by atoms with Crippen LogP contribution >= 0.6 is 0 Å². The largest absolute Gasteiger partial charge is 0.417 e. The van der Waals surface area contributed by atoms with E-state index in [1.54, 1.807) is 10.8 Å². The number of amides is 1. The van der Waals surface area contributed by atoms with Crippen LogP contribution in [0.15, 0.2) is 79.0 Å². The number of carbonyl (C=O) groups is 1. The number of halogens is 5. The summed E-state index contributed by atoms with van der Waals surface area (Å²) in [4.78, 5) is 19.9. The molecule has 0 fully saturated rings. The van der Waals surface area contributed by atoms with Gasteiger partial charge in [-0.25, -0.2) is 13.8 Å². The van der Waals surface area contributed by atoms with Gasteiger partial charge in [-0.15, -0.1) is 0 Å². The van der Waals surface area contributed by atoms with Gasteiger partial charge in [0.05, 0.1) is 22.9 Å². The highest BCUT2D eigenvalue weighted by Gasteiger charge is 2.36. The highest BCUT2D eigenvalue weighted by Crippen LogP contribution is 2.38. The zero-order chi connectivity index (χ0) is 29.7. The summed E-state index contributed by atoms with van der Waals surface area (Å²) in [5.74, 6) is -2.48. The monoisotopic (exact) mass is 570 g/mol. The summed E-state index contributed by atoms with van der Waals surface area (Å²) in [6.45, 7) is 4.33. The predicted octanol–water partition coefficient (Wildman–Crippen LogP) is 7.08. The Kier molecular flexibility index (Phi) is 9.22. The molecule has 0 saturated carbocycles. The highest BCUT2D eigenvalue weighted by molar-refractivity contribution is 5.94. The van der Waals surface area contributed by atoms with Gasteiger partial charge in [0, 0.05) is 30.9 Å². The first-order chi connectivity index (χ1) is 19.5. The first-order valence-electron chi connectivity index (χ1n) is 13.2. The molecule has 1 atom stereocenters. The highest BCUT2D eigenvalue weighted by atomic mass is 19.4. The Labute approximate surface area is 235 Å². The number of alkyl halides is 3. The first-order valence-corrected chi connectivity index (χ1v) is 13.2. The molecule has 10 heteroatoms. The normalized spacial score (nSPS) is 12.5. The molecular formula is C31H31F5N4O. The average Bonchev–Trinajstić information content (AvgIpc) is 3.33. The van der Waals surface area contributed by atoms with Gasteiger partial charge in [0.15, 0.2) is 0 Å². The second-order valence-electron chi connectivity index (χ2n) is 10.1. The molecule has 4 rings (SSSR count). The molecule has 1 aromatic heterocycles. The minimum absolute atomic E-state index is 0.0914. The summed E-state index contributed by atoms with van der Waals surface area (Å²) in [6, 6.07) is 16.4. The lowest BCUT2D eigenvalue weighted by atomic mass is 9.99. The molecule has 1 amide bonds. The van der Waals surface area contributed by atoms with Crippen LogP contribution in [0, 0.1) is 17.6 Å². The second kappa shape index (κ2) is 12.6. The molecule has 0 aliphatic heterocycles. The van der Waals surface area contributed by atoms with Crippen LogP contribution < -0.4 is 5.73 Å². The molecule has 2 N–H and O–H groups in total. The number of aromatic nitrogens is 2. The van der Waals surface area contributed by atoms with Crippen molar-refractivity contribution in [2.24, 2.45) is 11.7 Å². The Bertz CT molecular complexity index is 1480. The van der Waals surface area contributed by atoms with E-state index in [1.165, 1.54) is 23.1 Å². The van der Waals surface area contributed by atoms with Gasteiger partial charge in [-0.1, -0.05) is 62.4 Å². The summed E-state index contributed by atoms with van der Waals surface area (Å²) in [5, 5.41) is 0. The molecule has 0 radical (unpaired) electrons. The van der Waals surface area contributed by atoms with Crippen LogP contribution in [0.4, 0.5) is 22.0 Å². The summed E-state index contributed by atoms with van der Waals surface area (Å²) in [6.07, 6.45) is -2.69. The number of nitrogens with two attached hydrogens (primary N) is 1. The summed E-state index contributed by atoms with van der Waals surface area (Å²) in [7, 11) is 0. The predicted molar refractivity (Wildman–Crippen MR) is 147 cm³/mol. The molecule has 4 aromatic rings. The molecule has 0 saturated heterocycles. The maximum atomic E-state index is 14.8. The van der Waals surface area contributed by atoms with Gasteiger partial charge in [0.2, 0.25) is 0 Å². The van der Waals surface area contributed by atoms with E-state index in [2.05, 4.69) is 0 Å². The number of hydrogen-bond donors (Lipinski definition) is 1. The molecule has 0 spiro atoms. The smallest absolute Gasteiger partial charge is 0.330 e. The molecule has 41 heavy (non-hydrogen) atoms. The average molecular weight is 571 g/mol. The Morgan fingerprint density at radius 3 is 2.32 bits per heavy atom. The van der Waals surface area contributed by atoms with Gasteiger partial charge in [0.25, 0.3) is 5.91 Å². The molecular weight excluding hydrogens is 539 g/mol. The Morgan fingerprint density at radius 1 is 1.00 bits per heavy atom. The lowest BCUT2D eigenvalue weighted by Gasteiger charge is -2.34. The van der Waals surface area contributed by atoms with Crippen molar-refractivity contribution >= 4 is 5.91 Å². The van der Waals surface area contributed by atoms with Crippen LogP contribution in [0.5, 0.6) is 0 Å². The van der Waals surface area contributed by atoms with Crippen molar-refractivity contribution in [3.63, 3.8) is 0 Å². The van der Waals surface area contributed by atoms with Crippen LogP contribution in [0.3, 0.4) is 0 Å².